The van der Waals surface area contributed by atoms with Crippen molar-refractivity contribution in [3.05, 3.63) is 29.8 Å². The molecule has 0 spiro atoms. The number of ether oxygens (including phenoxy) is 3. The van der Waals surface area contributed by atoms with Crippen LogP contribution in [0.4, 0.5) is 8.78 Å². The standard InChI is InChI=1S/C12H14F2O3/c13-9-6-10(14)8-11(7-9)15-5-2-12-16-3-1-4-17-12/h6-8,12H,1-5H2. The van der Waals surface area contributed by atoms with Crippen LogP contribution in [-0.2, 0) is 9.47 Å². The Balaban J connectivity index is 1.77. The molecule has 0 bridgehead atoms. The summed E-state index contributed by atoms with van der Waals surface area (Å²) < 4.78 is 41.5. The van der Waals surface area contributed by atoms with Crippen LogP contribution < -0.4 is 4.74 Å². The highest BCUT2D eigenvalue weighted by Crippen LogP contribution is 2.16. The van der Waals surface area contributed by atoms with E-state index in [1.807, 2.05) is 0 Å². The van der Waals surface area contributed by atoms with Gasteiger partial charge in [-0.25, -0.2) is 8.78 Å². The largest absolute Gasteiger partial charge is 0.493 e. The molecule has 17 heavy (non-hydrogen) atoms. The van der Waals surface area contributed by atoms with E-state index < -0.39 is 11.6 Å². The van der Waals surface area contributed by atoms with Gasteiger partial charge in [-0.05, 0) is 6.42 Å². The van der Waals surface area contributed by atoms with Crippen LogP contribution in [0.5, 0.6) is 5.75 Å². The Morgan fingerprint density at radius 2 is 1.76 bits per heavy atom. The maximum absolute atomic E-state index is 12.8. The molecule has 1 fully saturated rings. The molecule has 2 rings (SSSR count). The Morgan fingerprint density at radius 1 is 1.12 bits per heavy atom. The minimum absolute atomic E-state index is 0.179. The second-order valence-electron chi connectivity index (χ2n) is 3.77. The van der Waals surface area contributed by atoms with Crippen LogP contribution in [0, 0.1) is 11.6 Å². The van der Waals surface area contributed by atoms with Crippen LogP contribution in [-0.4, -0.2) is 26.1 Å². The maximum atomic E-state index is 12.8. The zero-order valence-corrected chi connectivity index (χ0v) is 9.33. The highest BCUT2D eigenvalue weighted by molar-refractivity contribution is 5.23. The molecule has 0 atom stereocenters. The predicted molar refractivity (Wildman–Crippen MR) is 56.8 cm³/mol. The molecule has 1 aliphatic heterocycles. The number of halogens is 2. The summed E-state index contributed by atoms with van der Waals surface area (Å²) in [7, 11) is 0. The van der Waals surface area contributed by atoms with Gasteiger partial charge in [0.05, 0.1) is 19.8 Å². The lowest BCUT2D eigenvalue weighted by Crippen LogP contribution is -2.26. The van der Waals surface area contributed by atoms with Gasteiger partial charge in [0.2, 0.25) is 0 Å². The molecular weight excluding hydrogens is 230 g/mol. The topological polar surface area (TPSA) is 27.7 Å². The molecular formula is C12H14F2O3. The molecule has 3 nitrogen and oxygen atoms in total. The number of benzene rings is 1. The van der Waals surface area contributed by atoms with Crippen molar-refractivity contribution in [1.82, 2.24) is 0 Å². The van der Waals surface area contributed by atoms with Crippen molar-refractivity contribution < 1.29 is 23.0 Å². The fourth-order valence-electron chi connectivity index (χ4n) is 1.59. The Morgan fingerprint density at radius 3 is 2.41 bits per heavy atom. The summed E-state index contributed by atoms with van der Waals surface area (Å²) in [6.07, 6.45) is 1.16. The predicted octanol–water partition coefficient (Wildman–Crippen LogP) is 2.50. The van der Waals surface area contributed by atoms with Gasteiger partial charge in [-0.1, -0.05) is 0 Å². The summed E-state index contributed by atoms with van der Waals surface area (Å²) in [5, 5.41) is 0. The van der Waals surface area contributed by atoms with E-state index >= 15 is 0 Å². The molecule has 0 N–H and O–H groups in total. The number of hydrogen-bond acceptors (Lipinski definition) is 3. The highest BCUT2D eigenvalue weighted by atomic mass is 19.1. The van der Waals surface area contributed by atoms with Crippen LogP contribution in [0.25, 0.3) is 0 Å². The van der Waals surface area contributed by atoms with E-state index in [0.717, 1.165) is 24.6 Å². The molecule has 1 aromatic rings. The molecule has 94 valence electrons. The number of rotatable bonds is 4. The highest BCUT2D eigenvalue weighted by Gasteiger charge is 2.14. The van der Waals surface area contributed by atoms with E-state index in [0.29, 0.717) is 26.2 Å². The fraction of sp³-hybridized carbons (Fsp3) is 0.500. The first kappa shape index (κ1) is 12.3. The summed E-state index contributed by atoms with van der Waals surface area (Å²) in [5.41, 5.74) is 0. The van der Waals surface area contributed by atoms with Crippen LogP contribution >= 0.6 is 0 Å². The van der Waals surface area contributed by atoms with Crippen molar-refractivity contribution in [2.75, 3.05) is 19.8 Å². The SMILES string of the molecule is Fc1cc(F)cc(OCCC2OCCCO2)c1. The van der Waals surface area contributed by atoms with Crippen LogP contribution in [0.15, 0.2) is 18.2 Å². The molecule has 1 saturated heterocycles. The smallest absolute Gasteiger partial charge is 0.160 e. The van der Waals surface area contributed by atoms with Gasteiger partial charge in [0, 0.05) is 24.6 Å². The van der Waals surface area contributed by atoms with E-state index in [4.69, 9.17) is 14.2 Å². The van der Waals surface area contributed by atoms with Gasteiger partial charge in [-0.3, -0.25) is 0 Å². The first-order chi connectivity index (χ1) is 8.24. The van der Waals surface area contributed by atoms with Gasteiger partial charge in [0.25, 0.3) is 0 Å². The lowest BCUT2D eigenvalue weighted by molar-refractivity contribution is -0.183. The van der Waals surface area contributed by atoms with E-state index in [2.05, 4.69) is 0 Å². The van der Waals surface area contributed by atoms with E-state index in [-0.39, 0.29) is 12.0 Å². The average Bonchev–Trinajstić information content (AvgIpc) is 2.29. The first-order valence-corrected chi connectivity index (χ1v) is 5.56. The lowest BCUT2D eigenvalue weighted by Gasteiger charge is -2.23. The summed E-state index contributed by atoms with van der Waals surface area (Å²) in [6.45, 7) is 1.66. The van der Waals surface area contributed by atoms with Gasteiger partial charge in [-0.15, -0.1) is 0 Å². The molecule has 1 aromatic carbocycles. The molecule has 0 aromatic heterocycles. The van der Waals surface area contributed by atoms with Crippen LogP contribution in [0.2, 0.25) is 0 Å². The molecule has 0 unspecified atom stereocenters. The Bertz CT molecular complexity index is 345. The zero-order valence-electron chi connectivity index (χ0n) is 9.33. The first-order valence-electron chi connectivity index (χ1n) is 5.56. The van der Waals surface area contributed by atoms with E-state index in [1.165, 1.54) is 0 Å². The summed E-state index contributed by atoms with van der Waals surface area (Å²) in [5.74, 6) is -1.12. The molecule has 0 aliphatic carbocycles. The van der Waals surface area contributed by atoms with Crippen molar-refractivity contribution in [2.45, 2.75) is 19.1 Å². The van der Waals surface area contributed by atoms with Gasteiger partial charge >= 0.3 is 0 Å². The third-order valence-electron chi connectivity index (χ3n) is 2.35. The summed E-state index contributed by atoms with van der Waals surface area (Å²) >= 11 is 0. The third kappa shape index (κ3) is 3.94. The summed E-state index contributed by atoms with van der Waals surface area (Å²) in [6, 6.07) is 3.09. The minimum atomic E-state index is -0.648. The van der Waals surface area contributed by atoms with Crippen molar-refractivity contribution in [3.8, 4) is 5.75 Å². The monoisotopic (exact) mass is 244 g/mol. The van der Waals surface area contributed by atoms with Gasteiger partial charge in [0.15, 0.2) is 6.29 Å². The van der Waals surface area contributed by atoms with Gasteiger partial charge in [0.1, 0.15) is 17.4 Å². The van der Waals surface area contributed by atoms with Crippen LogP contribution in [0.1, 0.15) is 12.8 Å². The quantitative estimate of drug-likeness (QED) is 0.814. The Labute approximate surface area is 98.3 Å². The van der Waals surface area contributed by atoms with Gasteiger partial charge in [-0.2, -0.15) is 0 Å². The summed E-state index contributed by atoms with van der Waals surface area (Å²) in [4.78, 5) is 0. The van der Waals surface area contributed by atoms with Crippen molar-refractivity contribution in [3.63, 3.8) is 0 Å². The fourth-order valence-corrected chi connectivity index (χ4v) is 1.59. The van der Waals surface area contributed by atoms with Crippen molar-refractivity contribution in [2.24, 2.45) is 0 Å². The second-order valence-corrected chi connectivity index (χ2v) is 3.77. The minimum Gasteiger partial charge on any atom is -0.493 e. The van der Waals surface area contributed by atoms with E-state index in [1.54, 1.807) is 0 Å². The maximum Gasteiger partial charge on any atom is 0.160 e. The Hall–Kier alpha value is -1.20. The zero-order chi connectivity index (χ0) is 12.1. The second kappa shape index (κ2) is 5.93. The molecule has 5 heteroatoms. The van der Waals surface area contributed by atoms with Crippen LogP contribution in [0.3, 0.4) is 0 Å². The molecule has 0 saturated carbocycles. The average molecular weight is 244 g/mol. The lowest BCUT2D eigenvalue weighted by atomic mass is 10.3. The van der Waals surface area contributed by atoms with Crippen molar-refractivity contribution >= 4 is 0 Å². The number of hydrogen-bond donors (Lipinski definition) is 0. The van der Waals surface area contributed by atoms with E-state index in [9.17, 15) is 8.78 Å². The Kier molecular flexibility index (Phi) is 4.28. The third-order valence-corrected chi connectivity index (χ3v) is 2.35. The molecule has 1 aliphatic rings. The van der Waals surface area contributed by atoms with Crippen molar-refractivity contribution in [1.29, 1.82) is 0 Å². The molecule has 0 amide bonds. The normalized spacial score (nSPS) is 17.1. The molecule has 0 radical (unpaired) electrons. The molecule has 1 heterocycles. The van der Waals surface area contributed by atoms with Gasteiger partial charge < -0.3 is 14.2 Å².